The van der Waals surface area contributed by atoms with Gasteiger partial charge < -0.3 is 35.5 Å². The van der Waals surface area contributed by atoms with Crippen molar-refractivity contribution in [3.05, 3.63) is 0 Å². The fourth-order valence-electron chi connectivity index (χ4n) is 0.618. The van der Waals surface area contributed by atoms with Gasteiger partial charge in [0.2, 0.25) is 0 Å². The van der Waals surface area contributed by atoms with Crippen LogP contribution in [0, 0.1) is 0 Å². The molecule has 0 spiro atoms. The Morgan fingerprint density at radius 1 is 1.07 bits per heavy atom. The van der Waals surface area contributed by atoms with E-state index >= 15 is 0 Å². The Morgan fingerprint density at radius 2 is 1.50 bits per heavy atom. The van der Waals surface area contributed by atoms with E-state index in [4.69, 9.17) is 30.7 Å². The van der Waals surface area contributed by atoms with Crippen molar-refractivity contribution >= 4 is 6.29 Å². The summed E-state index contributed by atoms with van der Waals surface area (Å²) in [7, 11) is 0. The number of aldehydes is 1. The van der Waals surface area contributed by atoms with E-state index in [2.05, 4.69) is 5.90 Å². The Morgan fingerprint density at radius 3 is 1.79 bits per heavy atom. The van der Waals surface area contributed by atoms with Crippen molar-refractivity contribution in [2.75, 3.05) is 6.61 Å². The molecule has 0 amide bonds. The first-order chi connectivity index (χ1) is 6.54. The van der Waals surface area contributed by atoms with Crippen LogP contribution in [0.4, 0.5) is 0 Å². The van der Waals surface area contributed by atoms with Crippen molar-refractivity contribution < 1.29 is 35.5 Å². The molecule has 0 bridgehead atoms. The highest BCUT2D eigenvalue weighted by Crippen LogP contribution is 2.02. The lowest BCUT2D eigenvalue weighted by molar-refractivity contribution is -0.136. The van der Waals surface area contributed by atoms with Gasteiger partial charge in [0.25, 0.3) is 0 Å². The van der Waals surface area contributed by atoms with Crippen LogP contribution < -0.4 is 5.90 Å². The SMILES string of the molecule is NO.O=C[C@H](O)[C@@H](O)[C@H](O)[C@H](O)CO. The molecule has 8 nitrogen and oxygen atoms in total. The topological polar surface area (TPSA) is 164 Å². The smallest absolute Gasteiger partial charge is 0.151 e. The molecule has 0 aromatic heterocycles. The van der Waals surface area contributed by atoms with E-state index in [1.54, 1.807) is 0 Å². The van der Waals surface area contributed by atoms with E-state index in [1.165, 1.54) is 0 Å². The van der Waals surface area contributed by atoms with E-state index in [0.717, 1.165) is 0 Å². The molecule has 0 heterocycles. The maximum absolute atomic E-state index is 9.90. The quantitative estimate of drug-likeness (QED) is 0.179. The van der Waals surface area contributed by atoms with Gasteiger partial charge in [-0.25, -0.2) is 5.90 Å². The zero-order valence-corrected chi connectivity index (χ0v) is 7.26. The standard InChI is InChI=1S/C6H12O6.H3NO/c7-1-3(9)5(11)6(12)4(10)2-8;1-2/h1,3-6,8-12H,2H2;2H,1H2/t3-,4+,5+,6+;/m0./s1. The zero-order chi connectivity index (χ0) is 11.7. The molecular formula is C6H15NO7. The normalized spacial score (nSPS) is 18.5. The Labute approximate surface area is 79.8 Å². The van der Waals surface area contributed by atoms with Crippen LogP contribution in [0.25, 0.3) is 0 Å². The van der Waals surface area contributed by atoms with Crippen molar-refractivity contribution in [3.63, 3.8) is 0 Å². The maximum Gasteiger partial charge on any atom is 0.151 e. The molecule has 0 aliphatic rings. The first kappa shape index (κ1) is 15.8. The summed E-state index contributed by atoms with van der Waals surface area (Å²) in [5.74, 6) is 3.50. The fourth-order valence-corrected chi connectivity index (χ4v) is 0.618. The number of carbonyl (C=O) groups excluding carboxylic acids is 1. The predicted molar refractivity (Wildman–Crippen MR) is 43.2 cm³/mol. The summed E-state index contributed by atoms with van der Waals surface area (Å²) < 4.78 is 0. The summed E-state index contributed by atoms with van der Waals surface area (Å²) in [6.07, 6.45) is -6.84. The third-order valence-corrected chi connectivity index (χ3v) is 1.42. The molecule has 0 rings (SSSR count). The van der Waals surface area contributed by atoms with E-state index < -0.39 is 31.0 Å². The minimum Gasteiger partial charge on any atom is -0.394 e. The van der Waals surface area contributed by atoms with Crippen molar-refractivity contribution in [1.29, 1.82) is 0 Å². The molecule has 0 aliphatic carbocycles. The molecular weight excluding hydrogens is 198 g/mol. The van der Waals surface area contributed by atoms with Gasteiger partial charge in [0.1, 0.15) is 24.4 Å². The second kappa shape index (κ2) is 8.97. The fraction of sp³-hybridized carbons (Fsp3) is 0.833. The highest BCUT2D eigenvalue weighted by atomic mass is 16.4. The van der Waals surface area contributed by atoms with Gasteiger partial charge in [0, 0.05) is 0 Å². The summed E-state index contributed by atoms with van der Waals surface area (Å²) >= 11 is 0. The van der Waals surface area contributed by atoms with E-state index in [9.17, 15) is 4.79 Å². The molecule has 0 aliphatic heterocycles. The number of aliphatic hydroxyl groups excluding tert-OH is 5. The summed E-state index contributed by atoms with van der Waals surface area (Å²) in [5.41, 5.74) is 0. The molecule has 0 saturated heterocycles. The average molecular weight is 213 g/mol. The Kier molecular flexibility index (Phi) is 10.1. The van der Waals surface area contributed by atoms with Gasteiger partial charge in [-0.3, -0.25) is 0 Å². The number of rotatable bonds is 5. The summed E-state index contributed by atoms with van der Waals surface area (Å²) in [5, 5.41) is 50.0. The van der Waals surface area contributed by atoms with Crippen molar-refractivity contribution in [1.82, 2.24) is 0 Å². The van der Waals surface area contributed by atoms with Gasteiger partial charge in [-0.1, -0.05) is 0 Å². The lowest BCUT2D eigenvalue weighted by Gasteiger charge is -2.22. The molecule has 0 radical (unpaired) electrons. The van der Waals surface area contributed by atoms with Crippen LogP contribution in [0.15, 0.2) is 0 Å². The summed E-state index contributed by atoms with van der Waals surface area (Å²) in [6.45, 7) is -0.760. The second-order valence-electron chi connectivity index (χ2n) is 2.36. The number of hydrogen-bond donors (Lipinski definition) is 7. The number of aliphatic hydroxyl groups is 5. The lowest BCUT2D eigenvalue weighted by atomic mass is 10.0. The van der Waals surface area contributed by atoms with Gasteiger partial charge >= 0.3 is 0 Å². The van der Waals surface area contributed by atoms with E-state index in [1.807, 2.05) is 0 Å². The van der Waals surface area contributed by atoms with Gasteiger partial charge in [-0.15, -0.1) is 0 Å². The number of carbonyl (C=O) groups is 1. The van der Waals surface area contributed by atoms with E-state index in [-0.39, 0.29) is 6.29 Å². The molecule has 0 aromatic rings. The summed E-state index contributed by atoms with van der Waals surface area (Å²) in [4.78, 5) is 9.90. The first-order valence-corrected chi connectivity index (χ1v) is 3.58. The van der Waals surface area contributed by atoms with Crippen LogP contribution in [0.3, 0.4) is 0 Å². The lowest BCUT2D eigenvalue weighted by Crippen LogP contribution is -2.46. The molecule has 8 N–H and O–H groups in total. The third kappa shape index (κ3) is 5.19. The average Bonchev–Trinajstić information content (AvgIpc) is 2.27. The van der Waals surface area contributed by atoms with Crippen molar-refractivity contribution in [2.24, 2.45) is 5.90 Å². The molecule has 4 atom stereocenters. The number of hydrogen-bond acceptors (Lipinski definition) is 8. The summed E-state index contributed by atoms with van der Waals surface area (Å²) in [6, 6.07) is 0. The molecule has 86 valence electrons. The highest BCUT2D eigenvalue weighted by molar-refractivity contribution is 5.56. The Balaban J connectivity index is 0. The largest absolute Gasteiger partial charge is 0.394 e. The van der Waals surface area contributed by atoms with Crippen LogP contribution >= 0.6 is 0 Å². The number of nitrogens with two attached hydrogens (primary N) is 1. The Hall–Kier alpha value is -0.610. The molecule has 0 fully saturated rings. The first-order valence-electron chi connectivity index (χ1n) is 3.58. The van der Waals surface area contributed by atoms with Crippen molar-refractivity contribution in [2.45, 2.75) is 24.4 Å². The van der Waals surface area contributed by atoms with Gasteiger partial charge in [-0.2, -0.15) is 0 Å². The molecule has 0 saturated carbocycles. The van der Waals surface area contributed by atoms with Crippen LogP contribution in [0.2, 0.25) is 0 Å². The highest BCUT2D eigenvalue weighted by Gasteiger charge is 2.29. The molecule has 8 heteroatoms. The third-order valence-electron chi connectivity index (χ3n) is 1.42. The molecule has 14 heavy (non-hydrogen) atoms. The monoisotopic (exact) mass is 213 g/mol. The molecule has 0 aromatic carbocycles. The second-order valence-corrected chi connectivity index (χ2v) is 2.36. The minimum atomic E-state index is -1.79. The Bertz CT molecular complexity index is 144. The van der Waals surface area contributed by atoms with Crippen LogP contribution in [-0.4, -0.2) is 68.0 Å². The van der Waals surface area contributed by atoms with Crippen LogP contribution in [0.1, 0.15) is 0 Å². The zero-order valence-electron chi connectivity index (χ0n) is 7.26. The van der Waals surface area contributed by atoms with Crippen LogP contribution in [0.5, 0.6) is 0 Å². The van der Waals surface area contributed by atoms with Crippen molar-refractivity contribution in [3.8, 4) is 0 Å². The van der Waals surface area contributed by atoms with Gasteiger partial charge in [-0.05, 0) is 0 Å². The van der Waals surface area contributed by atoms with Gasteiger partial charge in [0.15, 0.2) is 6.29 Å². The van der Waals surface area contributed by atoms with Crippen LogP contribution in [-0.2, 0) is 4.79 Å². The predicted octanol–water partition coefficient (Wildman–Crippen LogP) is -4.04. The van der Waals surface area contributed by atoms with Gasteiger partial charge in [0.05, 0.1) is 6.61 Å². The molecule has 0 unspecified atom stereocenters. The minimum absolute atomic E-state index is 0.0258. The maximum atomic E-state index is 9.90. The van der Waals surface area contributed by atoms with E-state index in [0.29, 0.717) is 0 Å².